The molecule has 8 nitrogen and oxygen atoms in total. The van der Waals surface area contributed by atoms with Crippen molar-refractivity contribution in [3.63, 3.8) is 0 Å². The van der Waals surface area contributed by atoms with Crippen LogP contribution in [0.4, 0.5) is 0 Å². The first-order valence-electron chi connectivity index (χ1n) is 8.17. The lowest BCUT2D eigenvalue weighted by Gasteiger charge is -2.12. The summed E-state index contributed by atoms with van der Waals surface area (Å²) in [5.74, 6) is 1.41. The van der Waals surface area contributed by atoms with Crippen molar-refractivity contribution in [3.8, 4) is 0 Å². The van der Waals surface area contributed by atoms with Gasteiger partial charge in [-0.1, -0.05) is 0 Å². The lowest BCUT2D eigenvalue weighted by atomic mass is 10.1. The van der Waals surface area contributed by atoms with E-state index in [2.05, 4.69) is 15.6 Å². The fraction of sp³-hybridized carbons (Fsp3) is 0.625. The Kier molecular flexibility index (Phi) is 10.5. The molecule has 9 heteroatoms. The highest BCUT2D eigenvalue weighted by molar-refractivity contribution is 14.0. The molecule has 25 heavy (non-hydrogen) atoms. The number of nitrogens with zero attached hydrogens (tertiary/aromatic N) is 1. The van der Waals surface area contributed by atoms with Gasteiger partial charge in [0.1, 0.15) is 5.76 Å². The van der Waals surface area contributed by atoms with Gasteiger partial charge in [0.2, 0.25) is 0 Å². The topological polar surface area (TPSA) is 111 Å². The first kappa shape index (κ1) is 21.7. The molecule has 0 saturated carbocycles. The fourth-order valence-electron chi connectivity index (χ4n) is 2.34. The monoisotopic (exact) mass is 466 g/mol. The number of nitrogens with one attached hydrogen (secondary N) is 2. The number of hydrogen-bond acceptors (Lipinski definition) is 5. The minimum Gasteiger partial charge on any atom is -0.454 e. The number of nitrogens with two attached hydrogens (primary N) is 1. The third-order valence-electron chi connectivity index (χ3n) is 3.69. The Morgan fingerprint density at radius 3 is 2.92 bits per heavy atom. The maximum atomic E-state index is 11.0. The molecular formula is C16H27IN4O4. The zero-order valence-electron chi connectivity index (χ0n) is 14.5. The standard InChI is InChI=1S/C16H26N4O4.HI/c1-18-16(20-9-13-3-4-14(24-13)15(17)21)19-6-2-7-22-10-12-5-8-23-11-12;/h3-4,12H,2,5-11H2,1H3,(H2,17,21)(H2,18,19,20);1H. The van der Waals surface area contributed by atoms with E-state index >= 15 is 0 Å². The molecule has 0 bridgehead atoms. The number of guanidine groups is 1. The van der Waals surface area contributed by atoms with Crippen molar-refractivity contribution in [2.45, 2.75) is 19.4 Å². The number of furan rings is 1. The fourth-order valence-corrected chi connectivity index (χ4v) is 2.34. The first-order valence-corrected chi connectivity index (χ1v) is 8.17. The van der Waals surface area contributed by atoms with Crippen molar-refractivity contribution in [1.82, 2.24) is 10.6 Å². The Hall–Kier alpha value is -1.33. The highest BCUT2D eigenvalue weighted by atomic mass is 127. The second-order valence-corrected chi connectivity index (χ2v) is 5.64. The highest BCUT2D eigenvalue weighted by Gasteiger charge is 2.15. The molecule has 1 unspecified atom stereocenters. The molecule has 0 spiro atoms. The second-order valence-electron chi connectivity index (χ2n) is 5.64. The molecule has 1 aliphatic rings. The van der Waals surface area contributed by atoms with Crippen LogP contribution in [0, 0.1) is 5.92 Å². The molecule has 0 radical (unpaired) electrons. The highest BCUT2D eigenvalue weighted by Crippen LogP contribution is 2.12. The van der Waals surface area contributed by atoms with E-state index in [1.54, 1.807) is 19.2 Å². The van der Waals surface area contributed by atoms with Gasteiger partial charge in [0.15, 0.2) is 11.7 Å². The van der Waals surface area contributed by atoms with Crippen LogP contribution < -0.4 is 16.4 Å². The van der Waals surface area contributed by atoms with Crippen LogP contribution in [0.15, 0.2) is 21.5 Å². The van der Waals surface area contributed by atoms with Gasteiger partial charge >= 0.3 is 0 Å². The zero-order valence-corrected chi connectivity index (χ0v) is 16.8. The summed E-state index contributed by atoms with van der Waals surface area (Å²) in [6, 6.07) is 3.27. The number of carbonyl (C=O) groups excluding carboxylic acids is 1. The number of ether oxygens (including phenoxy) is 2. The summed E-state index contributed by atoms with van der Waals surface area (Å²) in [6.45, 7) is 4.33. The predicted octanol–water partition coefficient (Wildman–Crippen LogP) is 1.10. The van der Waals surface area contributed by atoms with E-state index < -0.39 is 5.91 Å². The van der Waals surface area contributed by atoms with Crippen molar-refractivity contribution < 1.29 is 18.7 Å². The molecule has 2 heterocycles. The molecule has 1 aromatic rings. The molecule has 1 aromatic heterocycles. The van der Waals surface area contributed by atoms with Gasteiger partial charge in [0.25, 0.3) is 5.91 Å². The van der Waals surface area contributed by atoms with Crippen LogP contribution in [-0.2, 0) is 16.0 Å². The van der Waals surface area contributed by atoms with Gasteiger partial charge in [-0.15, -0.1) is 24.0 Å². The number of aliphatic imine (C=N–C) groups is 1. The Morgan fingerprint density at radius 2 is 2.28 bits per heavy atom. The number of hydrogen-bond donors (Lipinski definition) is 3. The van der Waals surface area contributed by atoms with Gasteiger partial charge in [0, 0.05) is 32.7 Å². The minimum atomic E-state index is -0.576. The minimum absolute atomic E-state index is 0. The molecule has 142 valence electrons. The van der Waals surface area contributed by atoms with Crippen molar-refractivity contribution in [3.05, 3.63) is 23.7 Å². The van der Waals surface area contributed by atoms with Crippen LogP contribution in [0.3, 0.4) is 0 Å². The number of primary amides is 1. The van der Waals surface area contributed by atoms with Crippen LogP contribution in [-0.4, -0.2) is 51.9 Å². The quantitative estimate of drug-likeness (QED) is 0.218. The molecular weight excluding hydrogens is 439 g/mol. The van der Waals surface area contributed by atoms with E-state index in [9.17, 15) is 4.79 Å². The molecule has 2 rings (SSSR count). The largest absolute Gasteiger partial charge is 0.454 e. The summed E-state index contributed by atoms with van der Waals surface area (Å²) < 4.78 is 16.3. The van der Waals surface area contributed by atoms with Gasteiger partial charge in [0.05, 0.1) is 19.8 Å². The van der Waals surface area contributed by atoms with Crippen molar-refractivity contribution in [1.29, 1.82) is 0 Å². The van der Waals surface area contributed by atoms with Gasteiger partial charge in [-0.3, -0.25) is 9.79 Å². The van der Waals surface area contributed by atoms with E-state index in [0.717, 1.165) is 39.2 Å². The molecule has 1 atom stereocenters. The first-order chi connectivity index (χ1) is 11.7. The number of halogens is 1. The normalized spacial score (nSPS) is 17.2. The van der Waals surface area contributed by atoms with E-state index in [1.165, 1.54) is 0 Å². The molecule has 1 aliphatic heterocycles. The van der Waals surface area contributed by atoms with Crippen molar-refractivity contribution >= 4 is 35.8 Å². The summed E-state index contributed by atoms with van der Waals surface area (Å²) in [7, 11) is 1.70. The van der Waals surface area contributed by atoms with E-state index in [4.69, 9.17) is 19.6 Å². The maximum absolute atomic E-state index is 11.0. The lowest BCUT2D eigenvalue weighted by molar-refractivity contribution is 0.0888. The third-order valence-corrected chi connectivity index (χ3v) is 3.69. The second kappa shape index (κ2) is 12.1. The average molecular weight is 466 g/mol. The van der Waals surface area contributed by atoms with Crippen LogP contribution in [0.2, 0.25) is 0 Å². The summed E-state index contributed by atoms with van der Waals surface area (Å²) in [4.78, 5) is 15.1. The predicted molar refractivity (Wildman–Crippen MR) is 105 cm³/mol. The van der Waals surface area contributed by atoms with Gasteiger partial charge in [-0.05, 0) is 25.0 Å². The van der Waals surface area contributed by atoms with Gasteiger partial charge in [-0.25, -0.2) is 0 Å². The van der Waals surface area contributed by atoms with Crippen LogP contribution in [0.25, 0.3) is 0 Å². The molecule has 1 fully saturated rings. The molecule has 4 N–H and O–H groups in total. The third kappa shape index (κ3) is 8.06. The summed E-state index contributed by atoms with van der Waals surface area (Å²) in [6.07, 6.45) is 1.99. The SMILES string of the molecule is CN=C(NCCCOCC1CCOC1)NCc1ccc(C(N)=O)o1.I. The van der Waals surface area contributed by atoms with E-state index in [1.807, 2.05) is 0 Å². The molecule has 1 saturated heterocycles. The van der Waals surface area contributed by atoms with Crippen LogP contribution in [0.5, 0.6) is 0 Å². The molecule has 1 amide bonds. The summed E-state index contributed by atoms with van der Waals surface area (Å²) >= 11 is 0. The van der Waals surface area contributed by atoms with Gasteiger partial charge in [-0.2, -0.15) is 0 Å². The van der Waals surface area contributed by atoms with Crippen molar-refractivity contribution in [2.75, 3.05) is 40.0 Å². The average Bonchev–Trinajstić information content (AvgIpc) is 3.25. The van der Waals surface area contributed by atoms with Gasteiger partial charge < -0.3 is 30.3 Å². The van der Waals surface area contributed by atoms with Crippen molar-refractivity contribution in [2.24, 2.45) is 16.6 Å². The maximum Gasteiger partial charge on any atom is 0.284 e. The Morgan fingerprint density at radius 1 is 1.44 bits per heavy atom. The van der Waals surface area contributed by atoms with Crippen LogP contribution in [0.1, 0.15) is 29.2 Å². The Balaban J connectivity index is 0.00000312. The van der Waals surface area contributed by atoms with E-state index in [0.29, 0.717) is 30.8 Å². The number of rotatable bonds is 9. The zero-order chi connectivity index (χ0) is 17.2. The molecule has 0 aliphatic carbocycles. The smallest absolute Gasteiger partial charge is 0.284 e. The Bertz CT molecular complexity index is 544. The summed E-state index contributed by atoms with van der Waals surface area (Å²) in [5, 5.41) is 6.31. The lowest BCUT2D eigenvalue weighted by Crippen LogP contribution is -2.37. The number of amides is 1. The van der Waals surface area contributed by atoms with Crippen LogP contribution >= 0.6 is 24.0 Å². The number of carbonyl (C=O) groups is 1. The summed E-state index contributed by atoms with van der Waals surface area (Å²) in [5.41, 5.74) is 5.15. The Labute approximate surface area is 164 Å². The van der Waals surface area contributed by atoms with E-state index in [-0.39, 0.29) is 29.7 Å². The molecule has 0 aromatic carbocycles.